The monoisotopic (exact) mass is 390 g/mol. The van der Waals surface area contributed by atoms with Crippen LogP contribution in [0, 0.1) is 13.8 Å². The van der Waals surface area contributed by atoms with E-state index in [-0.39, 0.29) is 5.91 Å². The number of rotatable bonds is 4. The zero-order chi connectivity index (χ0) is 16.4. The molecule has 0 aliphatic carbocycles. The molecule has 1 amide bonds. The lowest BCUT2D eigenvalue weighted by Crippen LogP contribution is -2.12. The van der Waals surface area contributed by atoms with Gasteiger partial charge in [0, 0.05) is 17.1 Å². The zero-order valence-electron chi connectivity index (χ0n) is 12.7. The summed E-state index contributed by atoms with van der Waals surface area (Å²) in [5.41, 5.74) is 3.66. The highest BCUT2D eigenvalue weighted by molar-refractivity contribution is 9.10. The van der Waals surface area contributed by atoms with Crippen molar-refractivity contribution in [3.8, 4) is 0 Å². The van der Waals surface area contributed by atoms with Crippen LogP contribution in [0.15, 0.2) is 40.3 Å². The Morgan fingerprint density at radius 2 is 2.22 bits per heavy atom. The van der Waals surface area contributed by atoms with Crippen molar-refractivity contribution in [1.29, 1.82) is 0 Å². The van der Waals surface area contributed by atoms with Crippen molar-refractivity contribution in [1.82, 2.24) is 14.8 Å². The van der Waals surface area contributed by atoms with E-state index in [1.807, 2.05) is 42.1 Å². The van der Waals surface area contributed by atoms with Gasteiger partial charge in [0.15, 0.2) is 5.13 Å². The van der Waals surface area contributed by atoms with Gasteiger partial charge in [0.05, 0.1) is 22.4 Å². The molecule has 0 unspecified atom stereocenters. The van der Waals surface area contributed by atoms with Crippen LogP contribution in [0.2, 0.25) is 0 Å². The van der Waals surface area contributed by atoms with Crippen molar-refractivity contribution in [3.05, 3.63) is 62.8 Å². The number of aromatic nitrogens is 3. The fraction of sp³-hybridized carbons (Fsp3) is 0.188. The average Bonchev–Trinajstić information content (AvgIpc) is 3.13. The van der Waals surface area contributed by atoms with Crippen molar-refractivity contribution >= 4 is 38.3 Å². The molecule has 3 rings (SSSR count). The van der Waals surface area contributed by atoms with Gasteiger partial charge in [0.2, 0.25) is 0 Å². The Kier molecular flexibility index (Phi) is 4.58. The van der Waals surface area contributed by atoms with Crippen molar-refractivity contribution < 1.29 is 4.79 Å². The van der Waals surface area contributed by atoms with Crippen LogP contribution in [0.3, 0.4) is 0 Å². The SMILES string of the molecule is Cc1nn(Cc2cccc(C(=O)Nc3nccs3)c2)c(C)c1Br. The predicted octanol–water partition coefficient (Wildman–Crippen LogP) is 4.02. The van der Waals surface area contributed by atoms with Crippen LogP contribution < -0.4 is 5.32 Å². The molecular weight excluding hydrogens is 376 g/mol. The summed E-state index contributed by atoms with van der Waals surface area (Å²) in [7, 11) is 0. The molecule has 23 heavy (non-hydrogen) atoms. The maximum absolute atomic E-state index is 12.3. The van der Waals surface area contributed by atoms with Gasteiger partial charge in [-0.05, 0) is 47.5 Å². The number of aryl methyl sites for hydroxylation is 1. The van der Waals surface area contributed by atoms with E-state index in [9.17, 15) is 4.79 Å². The number of hydrogen-bond acceptors (Lipinski definition) is 4. The molecule has 2 aromatic heterocycles. The Morgan fingerprint density at radius 1 is 1.39 bits per heavy atom. The third-order valence-electron chi connectivity index (χ3n) is 3.47. The number of thiazole rings is 1. The first-order valence-corrected chi connectivity index (χ1v) is 8.71. The average molecular weight is 391 g/mol. The van der Waals surface area contributed by atoms with Crippen LogP contribution in [0.5, 0.6) is 0 Å². The van der Waals surface area contributed by atoms with E-state index in [4.69, 9.17) is 0 Å². The number of carbonyl (C=O) groups excluding carboxylic acids is 1. The normalized spacial score (nSPS) is 10.7. The number of benzene rings is 1. The minimum absolute atomic E-state index is 0.156. The first-order valence-electron chi connectivity index (χ1n) is 7.04. The summed E-state index contributed by atoms with van der Waals surface area (Å²) < 4.78 is 2.95. The third-order valence-corrected chi connectivity index (χ3v) is 5.30. The van der Waals surface area contributed by atoms with Crippen LogP contribution in [-0.2, 0) is 6.54 Å². The Balaban J connectivity index is 1.79. The van der Waals surface area contributed by atoms with E-state index >= 15 is 0 Å². The molecule has 0 atom stereocenters. The lowest BCUT2D eigenvalue weighted by molar-refractivity contribution is 0.102. The largest absolute Gasteiger partial charge is 0.298 e. The molecule has 0 saturated heterocycles. The van der Waals surface area contributed by atoms with Crippen molar-refractivity contribution in [2.75, 3.05) is 5.32 Å². The van der Waals surface area contributed by atoms with E-state index in [0.29, 0.717) is 17.2 Å². The highest BCUT2D eigenvalue weighted by Crippen LogP contribution is 2.21. The van der Waals surface area contributed by atoms with Gasteiger partial charge in [0.1, 0.15) is 0 Å². The number of amides is 1. The quantitative estimate of drug-likeness (QED) is 0.731. The molecule has 0 radical (unpaired) electrons. The lowest BCUT2D eigenvalue weighted by atomic mass is 10.1. The van der Waals surface area contributed by atoms with E-state index in [1.165, 1.54) is 11.3 Å². The van der Waals surface area contributed by atoms with Crippen LogP contribution in [0.1, 0.15) is 27.3 Å². The zero-order valence-corrected chi connectivity index (χ0v) is 15.1. The van der Waals surface area contributed by atoms with Crippen molar-refractivity contribution in [2.24, 2.45) is 0 Å². The molecule has 3 aromatic rings. The van der Waals surface area contributed by atoms with Gasteiger partial charge in [-0.25, -0.2) is 4.98 Å². The summed E-state index contributed by atoms with van der Waals surface area (Å²) in [4.78, 5) is 16.3. The van der Waals surface area contributed by atoms with Gasteiger partial charge in [-0.3, -0.25) is 14.8 Å². The maximum atomic E-state index is 12.3. The molecular formula is C16H15BrN4OS. The van der Waals surface area contributed by atoms with Gasteiger partial charge < -0.3 is 0 Å². The molecule has 1 N–H and O–H groups in total. The first-order chi connectivity index (χ1) is 11.0. The maximum Gasteiger partial charge on any atom is 0.257 e. The molecule has 0 saturated carbocycles. The van der Waals surface area contributed by atoms with Gasteiger partial charge in [-0.1, -0.05) is 12.1 Å². The molecule has 118 valence electrons. The Labute approximate surface area is 146 Å². The highest BCUT2D eigenvalue weighted by atomic mass is 79.9. The second kappa shape index (κ2) is 6.64. The summed E-state index contributed by atoms with van der Waals surface area (Å²) >= 11 is 4.93. The number of carbonyl (C=O) groups is 1. The van der Waals surface area contributed by atoms with Gasteiger partial charge in [-0.15, -0.1) is 11.3 Å². The second-order valence-corrected chi connectivity index (χ2v) is 6.82. The van der Waals surface area contributed by atoms with Crippen molar-refractivity contribution in [2.45, 2.75) is 20.4 Å². The Hall–Kier alpha value is -1.99. The first kappa shape index (κ1) is 15.9. The van der Waals surface area contributed by atoms with Gasteiger partial charge in [0.25, 0.3) is 5.91 Å². The second-order valence-electron chi connectivity index (χ2n) is 5.13. The standard InChI is InChI=1S/C16H15BrN4OS/c1-10-14(17)11(2)21(20-10)9-12-4-3-5-13(8-12)15(22)19-16-18-6-7-23-16/h3-8H,9H2,1-2H3,(H,18,19,22). The van der Waals surface area contributed by atoms with E-state index in [1.54, 1.807) is 12.3 Å². The fourth-order valence-corrected chi connectivity index (χ4v) is 3.08. The predicted molar refractivity (Wildman–Crippen MR) is 95.0 cm³/mol. The van der Waals surface area contributed by atoms with E-state index < -0.39 is 0 Å². The van der Waals surface area contributed by atoms with Gasteiger partial charge >= 0.3 is 0 Å². The molecule has 0 bridgehead atoms. The van der Waals surface area contributed by atoms with E-state index in [2.05, 4.69) is 31.3 Å². The molecule has 0 aliphatic heterocycles. The van der Waals surface area contributed by atoms with Crippen LogP contribution >= 0.6 is 27.3 Å². The summed E-state index contributed by atoms with van der Waals surface area (Å²) in [5.74, 6) is -0.156. The molecule has 0 spiro atoms. The number of hydrogen-bond donors (Lipinski definition) is 1. The molecule has 2 heterocycles. The smallest absolute Gasteiger partial charge is 0.257 e. The van der Waals surface area contributed by atoms with Crippen LogP contribution in [-0.4, -0.2) is 20.7 Å². The number of halogens is 1. The van der Waals surface area contributed by atoms with Crippen LogP contribution in [0.25, 0.3) is 0 Å². The van der Waals surface area contributed by atoms with E-state index in [0.717, 1.165) is 21.4 Å². The Morgan fingerprint density at radius 3 is 2.87 bits per heavy atom. The highest BCUT2D eigenvalue weighted by Gasteiger charge is 2.11. The number of nitrogens with one attached hydrogen (secondary N) is 1. The minimum Gasteiger partial charge on any atom is -0.298 e. The summed E-state index contributed by atoms with van der Waals surface area (Å²) in [6, 6.07) is 7.55. The van der Waals surface area contributed by atoms with Crippen molar-refractivity contribution in [3.63, 3.8) is 0 Å². The lowest BCUT2D eigenvalue weighted by Gasteiger charge is -2.07. The topological polar surface area (TPSA) is 59.8 Å². The Bertz CT molecular complexity index is 842. The third kappa shape index (κ3) is 3.51. The summed E-state index contributed by atoms with van der Waals surface area (Å²) in [6.07, 6.45) is 1.66. The number of anilines is 1. The molecule has 0 aliphatic rings. The molecule has 7 heteroatoms. The van der Waals surface area contributed by atoms with Crippen LogP contribution in [0.4, 0.5) is 5.13 Å². The fourth-order valence-electron chi connectivity index (χ4n) is 2.27. The summed E-state index contributed by atoms with van der Waals surface area (Å²) in [6.45, 7) is 4.60. The molecule has 1 aromatic carbocycles. The molecule has 5 nitrogen and oxygen atoms in total. The van der Waals surface area contributed by atoms with Gasteiger partial charge in [-0.2, -0.15) is 5.10 Å². The number of nitrogens with zero attached hydrogens (tertiary/aromatic N) is 3. The minimum atomic E-state index is -0.156. The summed E-state index contributed by atoms with van der Waals surface area (Å²) in [5, 5.41) is 9.72. The molecule has 0 fully saturated rings.